The maximum atomic E-state index is 10.8. The van der Waals surface area contributed by atoms with Crippen LogP contribution < -0.4 is 0 Å². The Bertz CT molecular complexity index is 425. The summed E-state index contributed by atoms with van der Waals surface area (Å²) >= 11 is 0. The summed E-state index contributed by atoms with van der Waals surface area (Å²) in [6.07, 6.45) is 2.14. The lowest BCUT2D eigenvalue weighted by atomic mass is 10.0. The van der Waals surface area contributed by atoms with Crippen molar-refractivity contribution in [1.29, 1.82) is 0 Å². The molecule has 0 unspecified atom stereocenters. The van der Waals surface area contributed by atoms with Crippen molar-refractivity contribution in [3.05, 3.63) is 35.4 Å². The Morgan fingerprint density at radius 1 is 1.19 bits per heavy atom. The molecule has 1 N–H and O–H groups in total. The summed E-state index contributed by atoms with van der Waals surface area (Å²) in [4.78, 5) is 0. The standard InChI is InChI=1S/C11H16O4S/c1-16(13,14)15-9-7-11-5-3-2-4-10(11)6-8-12/h2-5,12H,6-9H2,1H3. The Hall–Kier alpha value is -0.910. The van der Waals surface area contributed by atoms with E-state index in [2.05, 4.69) is 4.18 Å². The summed E-state index contributed by atoms with van der Waals surface area (Å²) in [5, 5.41) is 8.87. The van der Waals surface area contributed by atoms with Gasteiger partial charge in [-0.15, -0.1) is 0 Å². The van der Waals surface area contributed by atoms with Crippen LogP contribution >= 0.6 is 0 Å². The number of benzene rings is 1. The van der Waals surface area contributed by atoms with Gasteiger partial charge in [-0.2, -0.15) is 8.42 Å². The highest BCUT2D eigenvalue weighted by molar-refractivity contribution is 7.85. The number of rotatable bonds is 6. The molecule has 90 valence electrons. The molecule has 1 aromatic carbocycles. The van der Waals surface area contributed by atoms with Crippen molar-refractivity contribution >= 4 is 10.1 Å². The number of aliphatic hydroxyl groups excluding tert-OH is 1. The quantitative estimate of drug-likeness (QED) is 0.750. The van der Waals surface area contributed by atoms with Crippen LogP contribution in [0.15, 0.2) is 24.3 Å². The first-order valence-corrected chi connectivity index (χ1v) is 6.86. The van der Waals surface area contributed by atoms with Gasteiger partial charge in [-0.3, -0.25) is 4.18 Å². The largest absolute Gasteiger partial charge is 0.396 e. The average molecular weight is 244 g/mol. The van der Waals surface area contributed by atoms with Gasteiger partial charge in [0, 0.05) is 6.61 Å². The first-order valence-electron chi connectivity index (χ1n) is 5.05. The molecule has 0 aliphatic heterocycles. The fraction of sp³-hybridized carbons (Fsp3) is 0.455. The van der Waals surface area contributed by atoms with Crippen molar-refractivity contribution in [1.82, 2.24) is 0 Å². The van der Waals surface area contributed by atoms with E-state index in [0.717, 1.165) is 17.4 Å². The summed E-state index contributed by atoms with van der Waals surface area (Å²) in [6.45, 7) is 0.227. The summed E-state index contributed by atoms with van der Waals surface area (Å²) in [6, 6.07) is 7.62. The van der Waals surface area contributed by atoms with Crippen molar-refractivity contribution in [2.45, 2.75) is 12.8 Å². The second kappa shape index (κ2) is 5.98. The molecule has 1 rings (SSSR count). The molecule has 0 bridgehead atoms. The van der Waals surface area contributed by atoms with Crippen LogP contribution in [0.5, 0.6) is 0 Å². The molecule has 0 heterocycles. The molecule has 0 atom stereocenters. The van der Waals surface area contributed by atoms with Gasteiger partial charge < -0.3 is 5.11 Å². The Balaban J connectivity index is 2.59. The molecule has 0 aromatic heterocycles. The van der Waals surface area contributed by atoms with Crippen LogP contribution in [-0.4, -0.2) is 33.0 Å². The van der Waals surface area contributed by atoms with Crippen LogP contribution in [-0.2, 0) is 27.1 Å². The SMILES string of the molecule is CS(=O)(=O)OCCc1ccccc1CCO. The zero-order valence-corrected chi connectivity index (χ0v) is 10.0. The van der Waals surface area contributed by atoms with Gasteiger partial charge in [-0.1, -0.05) is 24.3 Å². The molecule has 0 aliphatic carbocycles. The minimum absolute atomic E-state index is 0.0872. The van der Waals surface area contributed by atoms with Gasteiger partial charge in [0.2, 0.25) is 0 Å². The molecule has 0 fully saturated rings. The Morgan fingerprint density at radius 2 is 1.75 bits per heavy atom. The van der Waals surface area contributed by atoms with E-state index in [0.29, 0.717) is 12.8 Å². The average Bonchev–Trinajstić information content (AvgIpc) is 2.19. The van der Waals surface area contributed by atoms with E-state index >= 15 is 0 Å². The minimum Gasteiger partial charge on any atom is -0.396 e. The van der Waals surface area contributed by atoms with Crippen LogP contribution in [0.1, 0.15) is 11.1 Å². The van der Waals surface area contributed by atoms with Crippen molar-refractivity contribution in [3.63, 3.8) is 0 Å². The second-order valence-electron chi connectivity index (χ2n) is 3.52. The van der Waals surface area contributed by atoms with Gasteiger partial charge in [0.05, 0.1) is 12.9 Å². The van der Waals surface area contributed by atoms with Gasteiger partial charge >= 0.3 is 0 Å². The van der Waals surface area contributed by atoms with Crippen LogP contribution in [0.4, 0.5) is 0 Å². The zero-order chi connectivity index (χ0) is 12.0. The molecule has 1 aromatic rings. The van der Waals surface area contributed by atoms with E-state index in [4.69, 9.17) is 5.11 Å². The van der Waals surface area contributed by atoms with Crippen molar-refractivity contribution < 1.29 is 17.7 Å². The Labute approximate surface area is 96.0 Å². The third kappa shape index (κ3) is 4.74. The molecule has 16 heavy (non-hydrogen) atoms. The highest BCUT2D eigenvalue weighted by atomic mass is 32.2. The minimum atomic E-state index is -3.37. The molecule has 0 saturated carbocycles. The van der Waals surface area contributed by atoms with Gasteiger partial charge in [0.15, 0.2) is 0 Å². The molecular weight excluding hydrogens is 228 g/mol. The number of hydrogen-bond acceptors (Lipinski definition) is 4. The van der Waals surface area contributed by atoms with Gasteiger partial charge in [0.25, 0.3) is 10.1 Å². The fourth-order valence-electron chi connectivity index (χ4n) is 1.47. The predicted octanol–water partition coefficient (Wildman–Crippen LogP) is 0.740. The highest BCUT2D eigenvalue weighted by Gasteiger charge is 2.04. The molecular formula is C11H16O4S. The van der Waals surface area contributed by atoms with E-state index in [1.54, 1.807) is 0 Å². The van der Waals surface area contributed by atoms with E-state index in [1.807, 2.05) is 24.3 Å². The third-order valence-corrected chi connectivity index (χ3v) is 2.76. The lowest BCUT2D eigenvalue weighted by molar-refractivity contribution is 0.298. The molecule has 0 radical (unpaired) electrons. The number of hydrogen-bond donors (Lipinski definition) is 1. The topological polar surface area (TPSA) is 63.6 Å². The lowest BCUT2D eigenvalue weighted by Crippen LogP contribution is -2.07. The molecule has 0 spiro atoms. The van der Waals surface area contributed by atoms with E-state index < -0.39 is 10.1 Å². The number of aliphatic hydroxyl groups is 1. The first-order chi connectivity index (χ1) is 7.53. The Kier molecular flexibility index (Phi) is 4.92. The van der Waals surface area contributed by atoms with E-state index in [9.17, 15) is 8.42 Å². The highest BCUT2D eigenvalue weighted by Crippen LogP contribution is 2.10. The van der Waals surface area contributed by atoms with Gasteiger partial charge in [0.1, 0.15) is 0 Å². The summed E-state index contributed by atoms with van der Waals surface area (Å²) in [5.41, 5.74) is 2.04. The second-order valence-corrected chi connectivity index (χ2v) is 5.16. The van der Waals surface area contributed by atoms with Gasteiger partial charge in [-0.05, 0) is 24.0 Å². The molecule has 4 nitrogen and oxygen atoms in total. The maximum absolute atomic E-state index is 10.8. The van der Waals surface area contributed by atoms with Crippen LogP contribution in [0, 0.1) is 0 Å². The monoisotopic (exact) mass is 244 g/mol. The zero-order valence-electron chi connectivity index (χ0n) is 9.22. The normalized spacial score (nSPS) is 11.6. The van der Waals surface area contributed by atoms with E-state index in [-0.39, 0.29) is 13.2 Å². The van der Waals surface area contributed by atoms with Crippen molar-refractivity contribution in [3.8, 4) is 0 Å². The first kappa shape index (κ1) is 13.2. The van der Waals surface area contributed by atoms with Crippen LogP contribution in [0.2, 0.25) is 0 Å². The van der Waals surface area contributed by atoms with Crippen LogP contribution in [0.25, 0.3) is 0 Å². The molecule has 0 amide bonds. The third-order valence-electron chi connectivity index (χ3n) is 2.17. The predicted molar refractivity (Wildman–Crippen MR) is 61.7 cm³/mol. The van der Waals surface area contributed by atoms with Crippen LogP contribution in [0.3, 0.4) is 0 Å². The Morgan fingerprint density at radius 3 is 2.25 bits per heavy atom. The molecule has 0 saturated heterocycles. The summed E-state index contributed by atoms with van der Waals surface area (Å²) in [5.74, 6) is 0. The summed E-state index contributed by atoms with van der Waals surface area (Å²) in [7, 11) is -3.37. The maximum Gasteiger partial charge on any atom is 0.264 e. The summed E-state index contributed by atoms with van der Waals surface area (Å²) < 4.78 is 26.2. The lowest BCUT2D eigenvalue weighted by Gasteiger charge is -2.07. The van der Waals surface area contributed by atoms with E-state index in [1.165, 1.54) is 0 Å². The van der Waals surface area contributed by atoms with Gasteiger partial charge in [-0.25, -0.2) is 0 Å². The van der Waals surface area contributed by atoms with Crippen molar-refractivity contribution in [2.75, 3.05) is 19.5 Å². The molecule has 0 aliphatic rings. The molecule has 5 heteroatoms. The fourth-order valence-corrected chi connectivity index (χ4v) is 1.85. The van der Waals surface area contributed by atoms with Crippen molar-refractivity contribution in [2.24, 2.45) is 0 Å². The smallest absolute Gasteiger partial charge is 0.264 e.